The summed E-state index contributed by atoms with van der Waals surface area (Å²) >= 11 is 0. The van der Waals surface area contributed by atoms with E-state index in [1.165, 1.54) is 0 Å². The van der Waals surface area contributed by atoms with Gasteiger partial charge in [0.05, 0.1) is 23.4 Å². The van der Waals surface area contributed by atoms with E-state index in [1.807, 2.05) is 109 Å². The van der Waals surface area contributed by atoms with Gasteiger partial charge >= 0.3 is 0 Å². The number of likely N-dealkylation sites (N-methyl/N-ethyl adjacent to an activating group) is 1. The Morgan fingerprint density at radius 2 is 1.62 bits per heavy atom. The maximum absolute atomic E-state index is 13.2. The lowest BCUT2D eigenvalue weighted by Gasteiger charge is -2.17. The van der Waals surface area contributed by atoms with Gasteiger partial charge in [0.2, 0.25) is 0 Å². The average molecular weight is 634 g/mol. The number of hydrogen-bond donors (Lipinski definition) is 3. The van der Waals surface area contributed by atoms with Crippen LogP contribution in [0, 0.1) is 0 Å². The van der Waals surface area contributed by atoms with Crippen molar-refractivity contribution in [2.75, 3.05) is 20.1 Å². The van der Waals surface area contributed by atoms with Crippen molar-refractivity contribution in [1.82, 2.24) is 24.8 Å². The summed E-state index contributed by atoms with van der Waals surface area (Å²) in [6.45, 7) is 15.3. The van der Waals surface area contributed by atoms with Crippen LogP contribution in [0.2, 0.25) is 0 Å². The molecule has 2 aromatic heterocycles. The lowest BCUT2D eigenvalue weighted by molar-refractivity contribution is 0.0796. The van der Waals surface area contributed by atoms with Crippen molar-refractivity contribution in [2.45, 2.75) is 40.2 Å². The normalized spacial score (nSPS) is 10.1. The molecular formula is C38H47N7O2. The molecule has 0 spiro atoms. The maximum atomic E-state index is 13.2. The Morgan fingerprint density at radius 3 is 2.21 bits per heavy atom. The summed E-state index contributed by atoms with van der Waals surface area (Å²) < 4.78 is 7.95. The summed E-state index contributed by atoms with van der Waals surface area (Å²) in [5.41, 5.74) is 15.7. The molecule has 0 fully saturated rings. The molecule has 5 N–H and O–H groups in total. The molecule has 246 valence electrons. The molecular weight excluding hydrogens is 586 g/mol. The molecule has 2 heterocycles. The highest BCUT2D eigenvalue weighted by atomic mass is 16.5. The van der Waals surface area contributed by atoms with Gasteiger partial charge < -0.3 is 31.0 Å². The largest absolute Gasteiger partial charge is 0.457 e. The van der Waals surface area contributed by atoms with Crippen molar-refractivity contribution in [3.8, 4) is 22.9 Å². The predicted octanol–water partition coefficient (Wildman–Crippen LogP) is 7.12. The van der Waals surface area contributed by atoms with Gasteiger partial charge in [-0.25, -0.2) is 4.98 Å². The number of allylic oxidation sites excluding steroid dienone is 1. The van der Waals surface area contributed by atoms with E-state index >= 15 is 0 Å². The lowest BCUT2D eigenvalue weighted by atomic mass is 10.1. The molecule has 9 heteroatoms. The van der Waals surface area contributed by atoms with Gasteiger partial charge in [-0.15, -0.1) is 0 Å². The Balaban J connectivity index is 0.000000593. The smallest absolute Gasteiger partial charge is 0.253 e. The minimum absolute atomic E-state index is 0.0652. The molecule has 0 radical (unpaired) electrons. The molecule has 5 rings (SSSR count). The summed E-state index contributed by atoms with van der Waals surface area (Å²) in [5, 5.41) is 2.88. The van der Waals surface area contributed by atoms with E-state index in [9.17, 15) is 4.79 Å². The fraction of sp³-hybridized carbons (Fsp3) is 0.237. The molecule has 5 aromatic rings. The zero-order valence-corrected chi connectivity index (χ0v) is 27.9. The monoisotopic (exact) mass is 633 g/mol. The van der Waals surface area contributed by atoms with Crippen LogP contribution >= 0.6 is 0 Å². The number of nitrogens with zero attached hydrogens (tertiary/aromatic N) is 4. The number of imidazole rings is 1. The molecule has 47 heavy (non-hydrogen) atoms. The number of ether oxygens (including phenoxy) is 1. The van der Waals surface area contributed by atoms with E-state index in [-0.39, 0.29) is 5.91 Å². The van der Waals surface area contributed by atoms with Crippen molar-refractivity contribution in [3.05, 3.63) is 133 Å². The second kappa shape index (κ2) is 18.4. The molecule has 3 aromatic carbocycles. The van der Waals surface area contributed by atoms with Crippen molar-refractivity contribution >= 4 is 16.9 Å². The van der Waals surface area contributed by atoms with Gasteiger partial charge in [0, 0.05) is 55.3 Å². The highest BCUT2D eigenvalue weighted by Gasteiger charge is 2.17. The first-order valence-corrected chi connectivity index (χ1v) is 15.9. The highest BCUT2D eigenvalue weighted by molar-refractivity contribution is 5.97. The van der Waals surface area contributed by atoms with Gasteiger partial charge in [-0.1, -0.05) is 58.2 Å². The van der Waals surface area contributed by atoms with Crippen molar-refractivity contribution in [2.24, 2.45) is 11.5 Å². The quantitative estimate of drug-likeness (QED) is 0.134. The Labute approximate surface area is 278 Å². The van der Waals surface area contributed by atoms with E-state index < -0.39 is 0 Å². The summed E-state index contributed by atoms with van der Waals surface area (Å²) in [7, 11) is 1.80. The number of rotatable bonds is 12. The fourth-order valence-electron chi connectivity index (χ4n) is 4.58. The first kappa shape index (κ1) is 35.9. The number of carbonyl (C=O) groups excluding carboxylic acids is 1. The Bertz CT molecular complexity index is 1720. The van der Waals surface area contributed by atoms with Gasteiger partial charge in [-0.05, 0) is 73.2 Å². The summed E-state index contributed by atoms with van der Waals surface area (Å²) in [6, 6.07) is 28.8. The Hall–Kier alpha value is -5.57. The number of nitrogens with two attached hydrogens (primary N) is 2. The second-order valence-electron chi connectivity index (χ2n) is 10.6. The standard InChI is InChI=1S/C31H29N5O2.C5H12N2.C2H6/c1-22(32)21-36-29-16-13-24(31(37)35(2)19-17-25-8-6-7-18-33-25)20-28(29)34-30(36)23-11-14-27(15-12-23)38-26-9-4-3-5-10-26;1-3-4-7-5(2)6;1-2/h3-16,18,20H,1,17,19,21,32H2,2H3;7H,2-4,6H2,1H3;1-2H3. The molecule has 1 amide bonds. The Kier molecular flexibility index (Phi) is 14.1. The molecule has 0 aliphatic heterocycles. The van der Waals surface area contributed by atoms with E-state index in [0.29, 0.717) is 36.6 Å². The molecule has 0 aliphatic rings. The maximum Gasteiger partial charge on any atom is 0.253 e. The topological polar surface area (TPSA) is 124 Å². The molecule has 0 unspecified atom stereocenters. The van der Waals surface area contributed by atoms with E-state index in [4.69, 9.17) is 21.2 Å². The third-order valence-electron chi connectivity index (χ3n) is 6.83. The van der Waals surface area contributed by atoms with Crippen LogP contribution in [0.5, 0.6) is 11.5 Å². The third-order valence-corrected chi connectivity index (χ3v) is 6.83. The van der Waals surface area contributed by atoms with Crippen LogP contribution < -0.4 is 21.5 Å². The van der Waals surface area contributed by atoms with Gasteiger partial charge in [-0.2, -0.15) is 0 Å². The number of benzene rings is 3. The first-order valence-electron chi connectivity index (χ1n) is 15.9. The second-order valence-corrected chi connectivity index (χ2v) is 10.6. The van der Waals surface area contributed by atoms with Gasteiger partial charge in [0.25, 0.3) is 5.91 Å². The van der Waals surface area contributed by atoms with Crippen LogP contribution in [0.3, 0.4) is 0 Å². The molecule has 0 aliphatic carbocycles. The fourth-order valence-corrected chi connectivity index (χ4v) is 4.58. The average Bonchev–Trinajstić information content (AvgIpc) is 3.45. The number of amides is 1. The molecule has 0 atom stereocenters. The van der Waals surface area contributed by atoms with E-state index in [1.54, 1.807) is 18.1 Å². The van der Waals surface area contributed by atoms with Gasteiger partial charge in [0.1, 0.15) is 17.3 Å². The molecule has 0 saturated heterocycles. The van der Waals surface area contributed by atoms with Crippen molar-refractivity contribution in [1.29, 1.82) is 0 Å². The first-order chi connectivity index (χ1) is 22.7. The number of fused-ring (bicyclic) bond motifs is 1. The number of hydrogen-bond acceptors (Lipinski definition) is 7. The Morgan fingerprint density at radius 1 is 0.936 bits per heavy atom. The SMILES string of the molecule is C=C(N)Cn1c(-c2ccc(Oc3ccccc3)cc2)nc2cc(C(=O)N(C)CCc3ccccn3)ccc21.C=C(N)NCCC.CC. The number of nitrogens with one attached hydrogen (secondary N) is 1. The van der Waals surface area contributed by atoms with Crippen molar-refractivity contribution in [3.63, 3.8) is 0 Å². The molecule has 0 bridgehead atoms. The molecule has 9 nitrogen and oxygen atoms in total. The highest BCUT2D eigenvalue weighted by Crippen LogP contribution is 2.29. The van der Waals surface area contributed by atoms with E-state index in [0.717, 1.165) is 52.6 Å². The summed E-state index contributed by atoms with van der Waals surface area (Å²) in [5.74, 6) is 2.74. The summed E-state index contributed by atoms with van der Waals surface area (Å²) in [4.78, 5) is 24.1. The van der Waals surface area contributed by atoms with Crippen LogP contribution in [0.15, 0.2) is 122 Å². The van der Waals surface area contributed by atoms with Crippen LogP contribution in [0.25, 0.3) is 22.4 Å². The number of pyridine rings is 1. The van der Waals surface area contributed by atoms with Crippen LogP contribution in [0.4, 0.5) is 0 Å². The lowest BCUT2D eigenvalue weighted by Crippen LogP contribution is -2.29. The predicted molar refractivity (Wildman–Crippen MR) is 193 cm³/mol. The number of carbonyl (C=O) groups is 1. The minimum atomic E-state index is -0.0652. The zero-order chi connectivity index (χ0) is 34.2. The van der Waals surface area contributed by atoms with Crippen LogP contribution in [0.1, 0.15) is 43.2 Å². The molecule has 0 saturated carbocycles. The third kappa shape index (κ3) is 10.8. The van der Waals surface area contributed by atoms with Crippen LogP contribution in [-0.4, -0.2) is 45.5 Å². The minimum Gasteiger partial charge on any atom is -0.457 e. The number of para-hydroxylation sites is 1. The van der Waals surface area contributed by atoms with Crippen molar-refractivity contribution < 1.29 is 9.53 Å². The van der Waals surface area contributed by atoms with E-state index in [2.05, 4.69) is 30.4 Å². The van der Waals surface area contributed by atoms with Crippen LogP contribution in [-0.2, 0) is 13.0 Å². The van der Waals surface area contributed by atoms with Gasteiger partial charge in [0.15, 0.2) is 0 Å². The number of aromatic nitrogens is 3. The summed E-state index contributed by atoms with van der Waals surface area (Å²) in [6.07, 6.45) is 3.54. The zero-order valence-electron chi connectivity index (χ0n) is 27.9. The van der Waals surface area contributed by atoms with Gasteiger partial charge in [-0.3, -0.25) is 9.78 Å².